The van der Waals surface area contributed by atoms with E-state index in [1.54, 1.807) is 16.2 Å². The molecule has 0 aliphatic carbocycles. The quantitative estimate of drug-likeness (QED) is 0.484. The molecule has 31 heavy (non-hydrogen) atoms. The van der Waals surface area contributed by atoms with E-state index in [-0.39, 0.29) is 11.8 Å². The predicted molar refractivity (Wildman–Crippen MR) is 120 cm³/mol. The first-order chi connectivity index (χ1) is 15.2. The van der Waals surface area contributed by atoms with Crippen LogP contribution in [0.1, 0.15) is 43.6 Å². The molecule has 2 amide bonds. The van der Waals surface area contributed by atoms with Crippen molar-refractivity contribution in [2.75, 3.05) is 18.0 Å². The average Bonchev–Trinajstić information content (AvgIpc) is 3.53. The molecule has 1 N–H and O–H groups in total. The minimum atomic E-state index is 0.0162. The monoisotopic (exact) mass is 438 g/mol. The fraction of sp³-hybridized carbons (Fsp3) is 0.391. The number of nitrogens with zero attached hydrogens (tertiary/aromatic N) is 3. The molecule has 1 aliphatic heterocycles. The molecule has 0 radical (unpaired) electrons. The molecule has 3 aromatic rings. The number of carbonyl (C=O) groups is 2. The fourth-order valence-corrected chi connectivity index (χ4v) is 4.28. The third-order valence-corrected chi connectivity index (χ3v) is 6.15. The molecule has 0 atom stereocenters. The van der Waals surface area contributed by atoms with Crippen LogP contribution in [0.2, 0.25) is 0 Å². The smallest absolute Gasteiger partial charge is 0.227 e. The maximum atomic E-state index is 12.2. The summed E-state index contributed by atoms with van der Waals surface area (Å²) in [5, 5.41) is 8.98. The summed E-state index contributed by atoms with van der Waals surface area (Å²) >= 11 is 1.59. The van der Waals surface area contributed by atoms with Crippen LogP contribution in [0.15, 0.2) is 46.3 Å². The molecule has 7 nitrogen and oxygen atoms in total. The number of hydrogen-bond donors (Lipinski definition) is 1. The lowest BCUT2D eigenvalue weighted by molar-refractivity contribution is -0.120. The number of aromatic nitrogens is 2. The maximum absolute atomic E-state index is 12.2. The van der Waals surface area contributed by atoms with Gasteiger partial charge >= 0.3 is 0 Å². The highest BCUT2D eigenvalue weighted by Crippen LogP contribution is 2.22. The van der Waals surface area contributed by atoms with Crippen molar-refractivity contribution in [2.45, 2.75) is 44.9 Å². The molecule has 0 spiro atoms. The van der Waals surface area contributed by atoms with Crippen LogP contribution in [0, 0.1) is 0 Å². The molecular weight excluding hydrogens is 412 g/mol. The van der Waals surface area contributed by atoms with Crippen molar-refractivity contribution in [2.24, 2.45) is 0 Å². The third kappa shape index (κ3) is 5.79. The van der Waals surface area contributed by atoms with Gasteiger partial charge in [-0.3, -0.25) is 9.59 Å². The van der Waals surface area contributed by atoms with Crippen molar-refractivity contribution in [3.05, 3.63) is 53.2 Å². The van der Waals surface area contributed by atoms with Gasteiger partial charge in [0.15, 0.2) is 0 Å². The molecule has 0 bridgehead atoms. The number of nitrogens with one attached hydrogen (secondary N) is 1. The zero-order valence-corrected chi connectivity index (χ0v) is 18.2. The Morgan fingerprint density at radius 3 is 2.77 bits per heavy atom. The lowest BCUT2D eigenvalue weighted by Crippen LogP contribution is -2.26. The third-order valence-electron chi connectivity index (χ3n) is 5.29. The summed E-state index contributed by atoms with van der Waals surface area (Å²) in [5.74, 6) is 1.50. The van der Waals surface area contributed by atoms with Gasteiger partial charge in [-0.05, 0) is 48.4 Å². The molecule has 1 aliphatic rings. The molecule has 4 rings (SSSR count). The van der Waals surface area contributed by atoms with Gasteiger partial charge in [0, 0.05) is 31.6 Å². The SMILES string of the molecule is O=C(Cc1ccc(N2CCCC2=O)cc1)NCCCCCc1nc(-c2cccs2)no1. The summed E-state index contributed by atoms with van der Waals surface area (Å²) in [4.78, 5) is 31.2. The molecule has 2 aromatic heterocycles. The molecule has 1 aromatic carbocycles. The van der Waals surface area contributed by atoms with E-state index in [9.17, 15) is 9.59 Å². The zero-order valence-electron chi connectivity index (χ0n) is 17.4. The number of unbranched alkanes of at least 4 members (excludes halogenated alkanes) is 2. The van der Waals surface area contributed by atoms with Gasteiger partial charge in [-0.15, -0.1) is 11.3 Å². The normalized spacial score (nSPS) is 13.7. The Labute approximate surface area is 185 Å². The number of amides is 2. The topological polar surface area (TPSA) is 88.3 Å². The number of thiophene rings is 1. The largest absolute Gasteiger partial charge is 0.356 e. The minimum Gasteiger partial charge on any atom is -0.356 e. The molecule has 1 fully saturated rings. The Morgan fingerprint density at radius 1 is 1.16 bits per heavy atom. The van der Waals surface area contributed by atoms with Gasteiger partial charge < -0.3 is 14.7 Å². The highest BCUT2D eigenvalue weighted by molar-refractivity contribution is 7.13. The van der Waals surface area contributed by atoms with Gasteiger partial charge in [0.1, 0.15) is 0 Å². The second kappa shape index (κ2) is 10.3. The molecule has 1 saturated heterocycles. The van der Waals surface area contributed by atoms with Gasteiger partial charge in [-0.2, -0.15) is 4.98 Å². The van der Waals surface area contributed by atoms with Crippen LogP contribution in [0.25, 0.3) is 10.7 Å². The average molecular weight is 439 g/mol. The van der Waals surface area contributed by atoms with E-state index < -0.39 is 0 Å². The van der Waals surface area contributed by atoms with E-state index in [2.05, 4.69) is 15.5 Å². The van der Waals surface area contributed by atoms with Crippen LogP contribution in [0.4, 0.5) is 5.69 Å². The first-order valence-electron chi connectivity index (χ1n) is 10.7. The first kappa shape index (κ1) is 21.2. The van der Waals surface area contributed by atoms with Crippen LogP contribution >= 0.6 is 11.3 Å². The van der Waals surface area contributed by atoms with Crippen LogP contribution in [-0.2, 0) is 22.4 Å². The summed E-state index contributed by atoms with van der Waals surface area (Å²) in [6.45, 7) is 1.43. The van der Waals surface area contributed by atoms with Gasteiger partial charge in [0.2, 0.25) is 23.5 Å². The number of aryl methyl sites for hydroxylation is 1. The van der Waals surface area contributed by atoms with E-state index in [1.165, 1.54) is 0 Å². The molecule has 162 valence electrons. The highest BCUT2D eigenvalue weighted by atomic mass is 32.1. The molecule has 8 heteroatoms. The lowest BCUT2D eigenvalue weighted by atomic mass is 10.1. The van der Waals surface area contributed by atoms with Crippen LogP contribution in [-0.4, -0.2) is 35.0 Å². The Bertz CT molecular complexity index is 998. The van der Waals surface area contributed by atoms with Crippen LogP contribution in [0.5, 0.6) is 0 Å². The van der Waals surface area contributed by atoms with Crippen molar-refractivity contribution in [1.29, 1.82) is 0 Å². The molecule has 0 unspecified atom stereocenters. The van der Waals surface area contributed by atoms with Gasteiger partial charge in [0.25, 0.3) is 0 Å². The Balaban J connectivity index is 1.11. The first-order valence-corrected chi connectivity index (χ1v) is 11.6. The Hall–Kier alpha value is -3.00. The van der Waals surface area contributed by atoms with E-state index in [1.807, 2.05) is 41.8 Å². The maximum Gasteiger partial charge on any atom is 0.227 e. The Kier molecular flexibility index (Phi) is 7.09. The number of benzene rings is 1. The summed E-state index contributed by atoms with van der Waals surface area (Å²) in [5.41, 5.74) is 1.86. The van der Waals surface area contributed by atoms with E-state index in [0.29, 0.717) is 31.1 Å². The van der Waals surface area contributed by atoms with E-state index in [0.717, 1.165) is 54.8 Å². The molecule has 3 heterocycles. The number of hydrogen-bond acceptors (Lipinski definition) is 6. The van der Waals surface area contributed by atoms with Crippen molar-refractivity contribution in [3.8, 4) is 10.7 Å². The van der Waals surface area contributed by atoms with Crippen molar-refractivity contribution in [1.82, 2.24) is 15.5 Å². The summed E-state index contributed by atoms with van der Waals surface area (Å²) in [7, 11) is 0. The Morgan fingerprint density at radius 2 is 2.03 bits per heavy atom. The number of rotatable bonds is 10. The molecular formula is C23H26N4O3S. The standard InChI is InChI=1S/C23H26N4O3S/c28-20(16-17-9-11-18(12-10-17)27-14-4-8-22(27)29)24-13-3-1-2-7-21-25-23(26-30-21)19-6-5-15-31-19/h5-6,9-12,15H,1-4,7-8,13-14,16H2,(H,24,28). The minimum absolute atomic E-state index is 0.0162. The zero-order chi connectivity index (χ0) is 21.5. The van der Waals surface area contributed by atoms with Crippen LogP contribution in [0.3, 0.4) is 0 Å². The fourth-order valence-electron chi connectivity index (χ4n) is 3.63. The molecule has 0 saturated carbocycles. The van der Waals surface area contributed by atoms with Gasteiger partial charge in [-0.1, -0.05) is 29.8 Å². The summed E-state index contributed by atoms with van der Waals surface area (Å²) in [6.07, 6.45) is 5.46. The van der Waals surface area contributed by atoms with Crippen molar-refractivity contribution in [3.63, 3.8) is 0 Å². The number of carbonyl (C=O) groups excluding carboxylic acids is 2. The second-order valence-electron chi connectivity index (χ2n) is 7.64. The highest BCUT2D eigenvalue weighted by Gasteiger charge is 2.21. The predicted octanol–water partition coefficient (Wildman–Crippen LogP) is 4.00. The summed E-state index contributed by atoms with van der Waals surface area (Å²) < 4.78 is 5.30. The lowest BCUT2D eigenvalue weighted by Gasteiger charge is -2.15. The second-order valence-corrected chi connectivity index (χ2v) is 8.59. The number of anilines is 1. The van der Waals surface area contributed by atoms with E-state index in [4.69, 9.17) is 4.52 Å². The summed E-state index contributed by atoms with van der Waals surface area (Å²) in [6, 6.07) is 11.6. The van der Waals surface area contributed by atoms with Crippen LogP contribution < -0.4 is 10.2 Å². The van der Waals surface area contributed by atoms with Crippen molar-refractivity contribution >= 4 is 28.8 Å². The van der Waals surface area contributed by atoms with E-state index >= 15 is 0 Å². The van der Waals surface area contributed by atoms with Gasteiger partial charge in [-0.25, -0.2) is 0 Å². The van der Waals surface area contributed by atoms with Gasteiger partial charge in [0.05, 0.1) is 11.3 Å². The van der Waals surface area contributed by atoms with Crippen molar-refractivity contribution < 1.29 is 14.1 Å².